The highest BCUT2D eigenvalue weighted by molar-refractivity contribution is 5.93. The molecule has 4 rings (SSSR count). The molecule has 2 aromatic rings. The molecule has 1 aromatic carbocycles. The largest absolute Gasteiger partial charge is 0.444 e. The second-order valence-corrected chi connectivity index (χ2v) is 10.5. The van der Waals surface area contributed by atoms with Crippen molar-refractivity contribution in [3.63, 3.8) is 0 Å². The van der Waals surface area contributed by atoms with Crippen molar-refractivity contribution in [1.29, 1.82) is 0 Å². The van der Waals surface area contributed by atoms with Gasteiger partial charge in [-0.15, -0.1) is 0 Å². The van der Waals surface area contributed by atoms with Crippen molar-refractivity contribution < 1.29 is 14.3 Å². The quantitative estimate of drug-likeness (QED) is 0.689. The highest BCUT2D eigenvalue weighted by Crippen LogP contribution is 2.42. The van der Waals surface area contributed by atoms with Crippen molar-refractivity contribution in [2.45, 2.75) is 59.2 Å². The first-order valence-corrected chi connectivity index (χ1v) is 12.4. The summed E-state index contributed by atoms with van der Waals surface area (Å²) in [5.41, 5.74) is 2.25. The third kappa shape index (κ3) is 5.36. The number of hydrogen-bond acceptors (Lipinski definition) is 6. The molecular formula is C27H37N5O3. The molecule has 0 spiro atoms. The van der Waals surface area contributed by atoms with Crippen LogP contribution in [0.4, 0.5) is 22.0 Å². The minimum atomic E-state index is -0.508. The number of nitrogens with one attached hydrogen (secondary N) is 1. The number of rotatable bonds is 3. The molecule has 2 aliphatic rings. The smallest absolute Gasteiger partial charge is 0.410 e. The van der Waals surface area contributed by atoms with Gasteiger partial charge in [-0.1, -0.05) is 25.1 Å². The van der Waals surface area contributed by atoms with E-state index in [2.05, 4.69) is 24.1 Å². The summed E-state index contributed by atoms with van der Waals surface area (Å²) in [6, 6.07) is 14.1. The maximum Gasteiger partial charge on any atom is 0.410 e. The van der Waals surface area contributed by atoms with E-state index in [0.717, 1.165) is 22.9 Å². The molecule has 1 saturated heterocycles. The van der Waals surface area contributed by atoms with Gasteiger partial charge in [-0.25, -0.2) is 9.78 Å². The van der Waals surface area contributed by atoms with Crippen molar-refractivity contribution in [3.05, 3.63) is 48.2 Å². The fraction of sp³-hybridized carbons (Fsp3) is 0.519. The summed E-state index contributed by atoms with van der Waals surface area (Å²) < 4.78 is 5.53. The van der Waals surface area contributed by atoms with Crippen molar-refractivity contribution in [2.75, 3.05) is 41.3 Å². The van der Waals surface area contributed by atoms with Crippen LogP contribution in [0.25, 0.3) is 0 Å². The van der Waals surface area contributed by atoms with Gasteiger partial charge in [0.05, 0.1) is 17.4 Å². The molecule has 2 amide bonds. The number of benzene rings is 1. The molecule has 8 heteroatoms. The number of pyridine rings is 1. The molecule has 8 nitrogen and oxygen atoms in total. The molecule has 1 unspecified atom stereocenters. The lowest BCUT2D eigenvalue weighted by atomic mass is 9.85. The average molecular weight is 480 g/mol. The van der Waals surface area contributed by atoms with Crippen LogP contribution in [0, 0.1) is 5.92 Å². The maximum absolute atomic E-state index is 12.6. The predicted molar refractivity (Wildman–Crippen MR) is 139 cm³/mol. The summed E-state index contributed by atoms with van der Waals surface area (Å²) in [5.74, 6) is 1.03. The third-order valence-corrected chi connectivity index (χ3v) is 6.83. The van der Waals surface area contributed by atoms with E-state index in [1.165, 1.54) is 0 Å². The van der Waals surface area contributed by atoms with Crippen LogP contribution >= 0.6 is 0 Å². The Morgan fingerprint density at radius 3 is 2.26 bits per heavy atom. The summed E-state index contributed by atoms with van der Waals surface area (Å²) in [5, 5.41) is 3.66. The molecule has 2 aliphatic heterocycles. The zero-order valence-electron chi connectivity index (χ0n) is 21.6. The number of nitrogens with zero attached hydrogens (tertiary/aromatic N) is 4. The van der Waals surface area contributed by atoms with Crippen molar-refractivity contribution in [3.8, 4) is 0 Å². The van der Waals surface area contributed by atoms with Crippen LogP contribution in [-0.2, 0) is 9.53 Å². The minimum Gasteiger partial charge on any atom is -0.444 e. The summed E-state index contributed by atoms with van der Waals surface area (Å²) in [4.78, 5) is 35.9. The van der Waals surface area contributed by atoms with Crippen molar-refractivity contribution in [1.82, 2.24) is 9.88 Å². The summed E-state index contributed by atoms with van der Waals surface area (Å²) in [6.45, 7) is 14.0. The number of carbonyl (C=O) groups excluding carboxylic acids is 2. The van der Waals surface area contributed by atoms with E-state index >= 15 is 0 Å². The Kier molecular flexibility index (Phi) is 6.92. The average Bonchev–Trinajstić information content (AvgIpc) is 2.81. The number of ether oxygens (including phenoxy) is 1. The molecule has 0 radical (unpaired) electrons. The van der Waals surface area contributed by atoms with Gasteiger partial charge in [-0.05, 0) is 52.0 Å². The Labute approximate surface area is 208 Å². The maximum atomic E-state index is 12.6. The van der Waals surface area contributed by atoms with Crippen LogP contribution in [-0.4, -0.2) is 59.7 Å². The number of para-hydroxylation sites is 1. The van der Waals surface area contributed by atoms with Crippen LogP contribution < -0.4 is 15.1 Å². The monoisotopic (exact) mass is 479 g/mol. The fourth-order valence-corrected chi connectivity index (χ4v) is 4.86. The lowest BCUT2D eigenvalue weighted by Gasteiger charge is -2.44. The minimum absolute atomic E-state index is 0.0179. The van der Waals surface area contributed by atoms with E-state index in [-0.39, 0.29) is 30.0 Å². The van der Waals surface area contributed by atoms with Crippen LogP contribution in [0.1, 0.15) is 53.3 Å². The Hall–Kier alpha value is -3.29. The van der Waals surface area contributed by atoms with Gasteiger partial charge in [-0.2, -0.15) is 0 Å². The molecule has 1 aromatic heterocycles. The zero-order valence-corrected chi connectivity index (χ0v) is 21.6. The van der Waals surface area contributed by atoms with Gasteiger partial charge in [0.15, 0.2) is 0 Å². The molecule has 35 heavy (non-hydrogen) atoms. The normalized spacial score (nSPS) is 22.5. The molecular weight excluding hydrogens is 442 g/mol. The van der Waals surface area contributed by atoms with Gasteiger partial charge in [-0.3, -0.25) is 4.79 Å². The first kappa shape index (κ1) is 24.8. The number of piperazine rings is 1. The van der Waals surface area contributed by atoms with Crippen LogP contribution in [0.2, 0.25) is 0 Å². The van der Waals surface area contributed by atoms with E-state index in [0.29, 0.717) is 26.2 Å². The zero-order chi connectivity index (χ0) is 25.3. The molecule has 1 fully saturated rings. The Morgan fingerprint density at radius 2 is 1.66 bits per heavy atom. The number of fused-ring (bicyclic) bond motifs is 1. The van der Waals surface area contributed by atoms with Gasteiger partial charge in [0, 0.05) is 50.7 Å². The van der Waals surface area contributed by atoms with Crippen LogP contribution in [0.15, 0.2) is 42.5 Å². The number of amides is 2. The van der Waals surface area contributed by atoms with Gasteiger partial charge < -0.3 is 24.8 Å². The molecule has 1 N–H and O–H groups in total. The van der Waals surface area contributed by atoms with Gasteiger partial charge in [0.2, 0.25) is 5.91 Å². The summed E-state index contributed by atoms with van der Waals surface area (Å²) in [6.07, 6.45) is -0.275. The molecule has 0 aliphatic carbocycles. The highest BCUT2D eigenvalue weighted by atomic mass is 16.6. The third-order valence-electron chi connectivity index (χ3n) is 6.83. The molecule has 188 valence electrons. The van der Waals surface area contributed by atoms with Crippen LogP contribution in [0.3, 0.4) is 0 Å². The lowest BCUT2D eigenvalue weighted by Crippen LogP contribution is -2.51. The van der Waals surface area contributed by atoms with Gasteiger partial charge in [0.25, 0.3) is 0 Å². The topological polar surface area (TPSA) is 78.0 Å². The van der Waals surface area contributed by atoms with E-state index in [1.807, 2.05) is 68.1 Å². The first-order chi connectivity index (χ1) is 16.5. The Balaban J connectivity index is 1.59. The van der Waals surface area contributed by atoms with Gasteiger partial charge >= 0.3 is 6.09 Å². The SMILES string of the molecule is CC(=O)N1c2ccc(N3CCN(C(=O)OC(C)(C)C)CC3)nc2C(Nc2ccccc2)[C@@H](C)[C@@H]1C. The fourth-order valence-electron chi connectivity index (χ4n) is 4.86. The molecule has 3 atom stereocenters. The standard InChI is InChI=1S/C27H37N5O3/c1-18-19(2)32(20(3)33)22-12-13-23(29-25(22)24(18)28-21-10-8-7-9-11-21)30-14-16-31(17-15-30)26(34)35-27(4,5)6/h7-13,18-19,24,28H,14-17H2,1-6H3/t18-,19-,24?/m0/s1. The number of anilines is 3. The predicted octanol–water partition coefficient (Wildman–Crippen LogP) is 4.68. The molecule has 3 heterocycles. The lowest BCUT2D eigenvalue weighted by molar-refractivity contribution is -0.117. The number of hydrogen-bond donors (Lipinski definition) is 1. The van der Waals surface area contributed by atoms with E-state index in [1.54, 1.807) is 11.8 Å². The van der Waals surface area contributed by atoms with E-state index in [9.17, 15) is 9.59 Å². The highest BCUT2D eigenvalue weighted by Gasteiger charge is 2.40. The Bertz CT molecular complexity index is 1060. The van der Waals surface area contributed by atoms with Crippen molar-refractivity contribution in [2.24, 2.45) is 5.92 Å². The summed E-state index contributed by atoms with van der Waals surface area (Å²) in [7, 11) is 0. The van der Waals surface area contributed by atoms with Crippen LogP contribution in [0.5, 0.6) is 0 Å². The first-order valence-electron chi connectivity index (χ1n) is 12.4. The number of carbonyl (C=O) groups is 2. The second-order valence-electron chi connectivity index (χ2n) is 10.5. The van der Waals surface area contributed by atoms with Gasteiger partial charge in [0.1, 0.15) is 11.4 Å². The molecule has 0 saturated carbocycles. The van der Waals surface area contributed by atoms with E-state index < -0.39 is 5.60 Å². The number of aromatic nitrogens is 1. The van der Waals surface area contributed by atoms with E-state index in [4.69, 9.17) is 9.72 Å². The molecule has 0 bridgehead atoms. The summed E-state index contributed by atoms with van der Waals surface area (Å²) >= 11 is 0. The Morgan fingerprint density at radius 1 is 1.00 bits per heavy atom. The van der Waals surface area contributed by atoms with Crippen molar-refractivity contribution >= 4 is 29.2 Å². The second kappa shape index (κ2) is 9.76.